The van der Waals surface area contributed by atoms with Crippen LogP contribution in [-0.4, -0.2) is 62.6 Å². The topological polar surface area (TPSA) is 60.0 Å². The van der Waals surface area contributed by atoms with Crippen molar-refractivity contribution in [3.05, 3.63) is 30.3 Å². The van der Waals surface area contributed by atoms with Crippen LogP contribution in [0.25, 0.3) is 0 Å². The van der Waals surface area contributed by atoms with Gasteiger partial charge in [-0.1, -0.05) is 25.1 Å². The van der Waals surface area contributed by atoms with Gasteiger partial charge in [0.05, 0.1) is 0 Å². The number of para-hydroxylation sites is 1. The van der Waals surface area contributed by atoms with E-state index in [1.54, 1.807) is 19.0 Å². The number of carbonyl (C=O) groups excluding carboxylic acids is 1. The van der Waals surface area contributed by atoms with Crippen molar-refractivity contribution < 1.29 is 4.79 Å². The molecule has 144 valence electrons. The number of piperidine rings is 1. The molecule has 0 aromatic heterocycles. The van der Waals surface area contributed by atoms with E-state index in [4.69, 9.17) is 0 Å². The number of likely N-dealkylation sites (N-methyl/N-ethyl adjacent to an activating group) is 1. The van der Waals surface area contributed by atoms with Gasteiger partial charge in [-0.15, -0.1) is 0 Å². The third kappa shape index (κ3) is 6.24. The van der Waals surface area contributed by atoms with E-state index in [0.717, 1.165) is 38.3 Å². The van der Waals surface area contributed by atoms with Crippen LogP contribution in [0.2, 0.25) is 0 Å². The maximum atomic E-state index is 11.9. The Kier molecular flexibility index (Phi) is 7.75. The fraction of sp³-hybridized carbons (Fsp3) is 0.600. The highest BCUT2D eigenvalue weighted by atomic mass is 16.2. The van der Waals surface area contributed by atoms with Gasteiger partial charge in [0.1, 0.15) is 6.54 Å². The number of guanidine groups is 1. The molecule has 1 heterocycles. The maximum absolute atomic E-state index is 11.9. The van der Waals surface area contributed by atoms with Crippen LogP contribution in [0.1, 0.15) is 33.1 Å². The molecule has 1 aromatic carbocycles. The van der Waals surface area contributed by atoms with Gasteiger partial charge in [0, 0.05) is 45.0 Å². The summed E-state index contributed by atoms with van der Waals surface area (Å²) in [5.41, 5.74) is 1.26. The van der Waals surface area contributed by atoms with Crippen molar-refractivity contribution in [3.8, 4) is 0 Å². The zero-order valence-electron chi connectivity index (χ0n) is 16.5. The molecule has 2 rings (SSSR count). The number of aliphatic imine (C=N–C) groups is 1. The van der Waals surface area contributed by atoms with E-state index < -0.39 is 0 Å². The third-order valence-corrected chi connectivity index (χ3v) is 4.75. The summed E-state index contributed by atoms with van der Waals surface area (Å²) in [6.07, 6.45) is 3.25. The van der Waals surface area contributed by atoms with Gasteiger partial charge in [-0.25, -0.2) is 4.99 Å². The first-order chi connectivity index (χ1) is 12.5. The monoisotopic (exact) mass is 359 g/mol. The van der Waals surface area contributed by atoms with Crippen molar-refractivity contribution in [1.82, 2.24) is 15.5 Å². The zero-order chi connectivity index (χ0) is 18.9. The fourth-order valence-corrected chi connectivity index (χ4v) is 2.92. The number of carbonyl (C=O) groups is 1. The quantitative estimate of drug-likeness (QED) is 0.603. The van der Waals surface area contributed by atoms with Crippen LogP contribution in [0.4, 0.5) is 5.69 Å². The summed E-state index contributed by atoms with van der Waals surface area (Å²) in [7, 11) is 3.51. The second kappa shape index (κ2) is 10.0. The zero-order valence-corrected chi connectivity index (χ0v) is 16.5. The molecular formula is C20H33N5O. The number of benzene rings is 1. The summed E-state index contributed by atoms with van der Waals surface area (Å²) >= 11 is 0. The Balaban J connectivity index is 2.01. The summed E-state index contributed by atoms with van der Waals surface area (Å²) < 4.78 is 0. The highest BCUT2D eigenvalue weighted by Gasteiger charge is 2.21. The molecule has 2 unspecified atom stereocenters. The molecule has 6 heteroatoms. The molecule has 26 heavy (non-hydrogen) atoms. The largest absolute Gasteiger partial charge is 0.369 e. The number of amides is 1. The molecule has 1 aliphatic rings. The molecule has 0 bridgehead atoms. The second-order valence-electron chi connectivity index (χ2n) is 7.17. The predicted octanol–water partition coefficient (Wildman–Crippen LogP) is 2.08. The molecule has 2 atom stereocenters. The van der Waals surface area contributed by atoms with E-state index in [9.17, 15) is 4.79 Å². The van der Waals surface area contributed by atoms with Crippen LogP contribution in [0.3, 0.4) is 0 Å². The van der Waals surface area contributed by atoms with Gasteiger partial charge >= 0.3 is 0 Å². The van der Waals surface area contributed by atoms with Crippen LogP contribution >= 0.6 is 0 Å². The lowest BCUT2D eigenvalue weighted by Crippen LogP contribution is -2.53. The smallest absolute Gasteiger partial charge is 0.243 e. The van der Waals surface area contributed by atoms with Crippen molar-refractivity contribution in [1.29, 1.82) is 0 Å². The fourth-order valence-electron chi connectivity index (χ4n) is 2.92. The molecule has 1 fully saturated rings. The number of nitrogens with one attached hydrogen (secondary N) is 2. The van der Waals surface area contributed by atoms with Gasteiger partial charge < -0.3 is 20.4 Å². The Morgan fingerprint density at radius 2 is 2.08 bits per heavy atom. The van der Waals surface area contributed by atoms with E-state index in [0.29, 0.717) is 12.1 Å². The maximum Gasteiger partial charge on any atom is 0.243 e. The number of hydrogen-bond acceptors (Lipinski definition) is 3. The Morgan fingerprint density at radius 3 is 2.73 bits per heavy atom. The summed E-state index contributed by atoms with van der Waals surface area (Å²) in [6, 6.07) is 11.1. The minimum Gasteiger partial charge on any atom is -0.369 e. The van der Waals surface area contributed by atoms with Gasteiger partial charge in [0.2, 0.25) is 5.91 Å². The summed E-state index contributed by atoms with van der Waals surface area (Å²) in [5, 5.41) is 6.95. The first-order valence-electron chi connectivity index (χ1n) is 9.57. The molecule has 1 saturated heterocycles. The number of anilines is 1. The molecule has 6 nitrogen and oxygen atoms in total. The molecule has 1 aromatic rings. The third-order valence-electron chi connectivity index (χ3n) is 4.75. The lowest BCUT2D eigenvalue weighted by molar-refractivity contribution is -0.127. The summed E-state index contributed by atoms with van der Waals surface area (Å²) in [4.78, 5) is 20.4. The van der Waals surface area contributed by atoms with Crippen LogP contribution in [0, 0.1) is 0 Å². The van der Waals surface area contributed by atoms with Gasteiger partial charge in [-0.2, -0.15) is 0 Å². The molecular weight excluding hydrogens is 326 g/mol. The van der Waals surface area contributed by atoms with E-state index in [1.807, 2.05) is 6.07 Å². The van der Waals surface area contributed by atoms with Crippen molar-refractivity contribution in [3.63, 3.8) is 0 Å². The average Bonchev–Trinajstić information content (AvgIpc) is 2.66. The van der Waals surface area contributed by atoms with Gasteiger partial charge in [-0.3, -0.25) is 4.79 Å². The van der Waals surface area contributed by atoms with E-state index in [1.165, 1.54) is 5.69 Å². The molecule has 2 N–H and O–H groups in total. The molecule has 0 spiro atoms. The Morgan fingerprint density at radius 1 is 1.35 bits per heavy atom. The number of nitrogens with zero attached hydrogens (tertiary/aromatic N) is 3. The first kappa shape index (κ1) is 20.1. The lowest BCUT2D eigenvalue weighted by Gasteiger charge is -2.35. The van der Waals surface area contributed by atoms with Crippen LogP contribution in [0.5, 0.6) is 0 Å². The van der Waals surface area contributed by atoms with Crippen LogP contribution in [0.15, 0.2) is 35.3 Å². The SMILES string of the molecule is CCC(C)NC(=NCC(=O)N(C)C)NC1CCCN(c2ccccc2)C1. The average molecular weight is 360 g/mol. The van der Waals surface area contributed by atoms with Crippen LogP contribution < -0.4 is 15.5 Å². The van der Waals surface area contributed by atoms with Gasteiger partial charge in [-0.05, 0) is 38.3 Å². The minimum atomic E-state index is 0.00445. The molecule has 1 amide bonds. The normalized spacial score (nSPS) is 19.0. The minimum absolute atomic E-state index is 0.00445. The Labute approximate surface area is 157 Å². The van der Waals surface area contributed by atoms with E-state index in [2.05, 4.69) is 58.6 Å². The standard InChI is InChI=1S/C20H33N5O/c1-5-16(2)22-20(21-14-19(26)24(3)4)23-17-10-9-13-25(15-17)18-11-7-6-8-12-18/h6-8,11-12,16-17H,5,9-10,13-15H2,1-4H3,(H2,21,22,23). The number of rotatable bonds is 6. The molecule has 0 radical (unpaired) electrons. The van der Waals surface area contributed by atoms with Crippen LogP contribution in [-0.2, 0) is 4.79 Å². The van der Waals surface area contributed by atoms with Crippen molar-refractivity contribution >= 4 is 17.6 Å². The predicted molar refractivity (Wildman–Crippen MR) is 109 cm³/mol. The van der Waals surface area contributed by atoms with Crippen molar-refractivity contribution in [2.75, 3.05) is 38.6 Å². The summed E-state index contributed by atoms with van der Waals surface area (Å²) in [5.74, 6) is 0.735. The molecule has 1 aliphatic heterocycles. The van der Waals surface area contributed by atoms with Gasteiger partial charge in [0.15, 0.2) is 5.96 Å². The molecule has 0 saturated carbocycles. The second-order valence-corrected chi connectivity index (χ2v) is 7.17. The first-order valence-corrected chi connectivity index (χ1v) is 9.57. The highest BCUT2D eigenvalue weighted by molar-refractivity contribution is 5.85. The lowest BCUT2D eigenvalue weighted by atomic mass is 10.0. The summed E-state index contributed by atoms with van der Waals surface area (Å²) in [6.45, 7) is 6.44. The Bertz CT molecular complexity index is 587. The number of hydrogen-bond donors (Lipinski definition) is 2. The van der Waals surface area contributed by atoms with E-state index in [-0.39, 0.29) is 12.5 Å². The highest BCUT2D eigenvalue weighted by Crippen LogP contribution is 2.19. The van der Waals surface area contributed by atoms with E-state index >= 15 is 0 Å². The molecule has 0 aliphatic carbocycles. The Hall–Kier alpha value is -2.24. The van der Waals surface area contributed by atoms with Crippen molar-refractivity contribution in [2.24, 2.45) is 4.99 Å². The van der Waals surface area contributed by atoms with Crippen molar-refractivity contribution in [2.45, 2.75) is 45.2 Å². The van der Waals surface area contributed by atoms with Gasteiger partial charge in [0.25, 0.3) is 0 Å².